The summed E-state index contributed by atoms with van der Waals surface area (Å²) in [6.07, 6.45) is 4.95. The van der Waals surface area contributed by atoms with Crippen molar-refractivity contribution in [3.05, 3.63) is 70.5 Å². The number of rotatable bonds is 6. The quantitative estimate of drug-likeness (QED) is 0.480. The van der Waals surface area contributed by atoms with Crippen LogP contribution >= 0.6 is 35.0 Å². The van der Waals surface area contributed by atoms with Gasteiger partial charge in [0.25, 0.3) is 0 Å². The Bertz CT molecular complexity index is 1160. The van der Waals surface area contributed by atoms with Crippen molar-refractivity contribution in [2.75, 3.05) is 17.8 Å². The second-order valence-electron chi connectivity index (χ2n) is 6.53. The highest BCUT2D eigenvalue weighted by Gasteiger charge is 2.14. The van der Waals surface area contributed by atoms with Gasteiger partial charge in [-0.15, -0.1) is 11.8 Å². The van der Waals surface area contributed by atoms with E-state index in [1.807, 2.05) is 18.4 Å². The van der Waals surface area contributed by atoms with Crippen LogP contribution in [0, 0.1) is 0 Å². The lowest BCUT2D eigenvalue weighted by Crippen LogP contribution is -2.15. The first-order valence-electron chi connectivity index (χ1n) is 8.75. The predicted molar refractivity (Wildman–Crippen MR) is 123 cm³/mol. The Hall–Kier alpha value is -2.06. The summed E-state index contributed by atoms with van der Waals surface area (Å²) in [5, 5.41) is 3.46. The maximum Gasteiger partial charge on any atom is 0.230 e. The molecule has 0 unspecified atom stereocenters. The first kappa shape index (κ1) is 22.6. The van der Waals surface area contributed by atoms with E-state index in [0.29, 0.717) is 32.6 Å². The number of hydrogen-bond acceptors (Lipinski definition) is 5. The molecule has 9 heteroatoms. The number of benzene rings is 2. The van der Waals surface area contributed by atoms with Crippen LogP contribution in [0.5, 0.6) is 0 Å². The summed E-state index contributed by atoms with van der Waals surface area (Å²) in [6, 6.07) is 13.2. The molecule has 5 nitrogen and oxygen atoms in total. The fourth-order valence-corrected chi connectivity index (χ4v) is 4.49. The molecule has 0 aliphatic rings. The summed E-state index contributed by atoms with van der Waals surface area (Å²) in [7, 11) is -3.29. The number of carbonyl (C=O) groups excluding carboxylic acids is 1. The summed E-state index contributed by atoms with van der Waals surface area (Å²) in [5.41, 5.74) is 2.36. The molecule has 2 aromatic carbocycles. The van der Waals surface area contributed by atoms with Gasteiger partial charge in [-0.1, -0.05) is 35.3 Å². The van der Waals surface area contributed by atoms with E-state index in [1.54, 1.807) is 42.2 Å². The molecule has 1 amide bonds. The maximum absolute atomic E-state index is 12.3. The number of hydrogen-bond donors (Lipinski definition) is 1. The molecule has 1 heterocycles. The summed E-state index contributed by atoms with van der Waals surface area (Å²) in [4.78, 5) is 17.8. The van der Waals surface area contributed by atoms with Gasteiger partial charge in [-0.25, -0.2) is 8.42 Å². The zero-order chi connectivity index (χ0) is 21.9. The average Bonchev–Trinajstić information content (AvgIpc) is 2.67. The third-order valence-electron chi connectivity index (χ3n) is 4.27. The molecule has 0 saturated carbocycles. The average molecular weight is 481 g/mol. The lowest BCUT2D eigenvalue weighted by molar-refractivity contribution is -0.115. The Morgan fingerprint density at radius 3 is 2.20 bits per heavy atom. The van der Waals surface area contributed by atoms with Gasteiger partial charge in [0.05, 0.1) is 21.4 Å². The zero-order valence-electron chi connectivity index (χ0n) is 16.1. The highest BCUT2D eigenvalue weighted by Crippen LogP contribution is 2.37. The van der Waals surface area contributed by atoms with Crippen molar-refractivity contribution in [1.82, 2.24) is 4.98 Å². The minimum absolute atomic E-state index is 0.124. The summed E-state index contributed by atoms with van der Waals surface area (Å²) in [5.74, 6) is -0.239. The van der Waals surface area contributed by atoms with Crippen LogP contribution in [-0.4, -0.2) is 31.8 Å². The molecule has 0 radical (unpaired) electrons. The number of halogens is 2. The van der Waals surface area contributed by atoms with Crippen molar-refractivity contribution in [3.8, 4) is 11.1 Å². The molecule has 1 aromatic heterocycles. The number of carbonyl (C=O) groups is 1. The molecule has 30 heavy (non-hydrogen) atoms. The Morgan fingerprint density at radius 2 is 1.70 bits per heavy atom. The van der Waals surface area contributed by atoms with Crippen molar-refractivity contribution in [2.45, 2.75) is 16.2 Å². The Morgan fingerprint density at radius 1 is 1.07 bits per heavy atom. The van der Waals surface area contributed by atoms with Crippen LogP contribution in [-0.2, 0) is 21.1 Å². The largest absolute Gasteiger partial charge is 0.326 e. The van der Waals surface area contributed by atoms with Gasteiger partial charge in [0.2, 0.25) is 5.91 Å². The van der Waals surface area contributed by atoms with Crippen molar-refractivity contribution < 1.29 is 13.2 Å². The zero-order valence-corrected chi connectivity index (χ0v) is 19.3. The van der Waals surface area contributed by atoms with E-state index < -0.39 is 9.84 Å². The topological polar surface area (TPSA) is 76.1 Å². The molecule has 0 aliphatic carbocycles. The third kappa shape index (κ3) is 5.55. The first-order chi connectivity index (χ1) is 14.2. The smallest absolute Gasteiger partial charge is 0.230 e. The molecule has 3 aromatic rings. The van der Waals surface area contributed by atoms with Gasteiger partial charge >= 0.3 is 0 Å². The predicted octanol–water partition coefficient (Wildman–Crippen LogP) is 5.36. The Labute approximate surface area is 189 Å². The van der Waals surface area contributed by atoms with Gasteiger partial charge in [-0.3, -0.25) is 9.78 Å². The second kappa shape index (κ2) is 9.39. The number of aromatic nitrogens is 1. The van der Waals surface area contributed by atoms with Gasteiger partial charge in [-0.05, 0) is 48.2 Å². The van der Waals surface area contributed by atoms with Crippen molar-refractivity contribution in [1.29, 1.82) is 0 Å². The Balaban J connectivity index is 1.77. The van der Waals surface area contributed by atoms with E-state index in [-0.39, 0.29) is 17.2 Å². The molecule has 1 N–H and O–H groups in total. The number of anilines is 1. The van der Waals surface area contributed by atoms with Crippen molar-refractivity contribution in [2.24, 2.45) is 0 Å². The van der Waals surface area contributed by atoms with Gasteiger partial charge in [-0.2, -0.15) is 0 Å². The number of nitrogens with one attached hydrogen (secondary N) is 1. The maximum atomic E-state index is 12.3. The number of sulfone groups is 1. The summed E-state index contributed by atoms with van der Waals surface area (Å²) >= 11 is 14.4. The van der Waals surface area contributed by atoms with E-state index in [2.05, 4.69) is 10.3 Å². The summed E-state index contributed by atoms with van der Waals surface area (Å²) < 4.78 is 23.3. The van der Waals surface area contributed by atoms with E-state index in [4.69, 9.17) is 23.2 Å². The van der Waals surface area contributed by atoms with Crippen LogP contribution in [0.1, 0.15) is 5.69 Å². The van der Waals surface area contributed by atoms with Crippen molar-refractivity contribution >= 4 is 56.4 Å². The van der Waals surface area contributed by atoms with Crippen LogP contribution in [0.3, 0.4) is 0 Å². The van der Waals surface area contributed by atoms with Crippen molar-refractivity contribution in [3.63, 3.8) is 0 Å². The molecule has 0 atom stereocenters. The lowest BCUT2D eigenvalue weighted by Gasteiger charge is -2.12. The number of nitrogens with zero attached hydrogens (tertiary/aromatic N) is 1. The molecule has 0 spiro atoms. The molecular weight excluding hydrogens is 463 g/mol. The lowest BCUT2D eigenvalue weighted by atomic mass is 10.0. The van der Waals surface area contributed by atoms with Gasteiger partial charge in [0.1, 0.15) is 0 Å². The van der Waals surface area contributed by atoms with E-state index in [1.165, 1.54) is 12.1 Å². The molecule has 3 rings (SSSR count). The van der Waals surface area contributed by atoms with Crippen LogP contribution in [0.15, 0.2) is 64.5 Å². The fraction of sp³-hybridized carbons (Fsp3) is 0.143. The molecule has 0 aliphatic heterocycles. The number of pyridine rings is 1. The highest BCUT2D eigenvalue weighted by molar-refractivity contribution is 7.98. The van der Waals surface area contributed by atoms with Gasteiger partial charge < -0.3 is 5.32 Å². The van der Waals surface area contributed by atoms with E-state index in [9.17, 15) is 13.2 Å². The third-order valence-corrected chi connectivity index (χ3v) is 6.71. The number of amides is 1. The normalized spacial score (nSPS) is 11.3. The van der Waals surface area contributed by atoms with Crippen LogP contribution < -0.4 is 5.32 Å². The fourth-order valence-electron chi connectivity index (χ4n) is 2.80. The SMILES string of the molecule is CSc1ccc(CC(=O)Nc2cc(Cl)c(-c3ccc(S(C)(=O)=O)cc3)c(Cl)c2)nc1. The highest BCUT2D eigenvalue weighted by atomic mass is 35.5. The van der Waals surface area contributed by atoms with Gasteiger partial charge in [0, 0.05) is 34.3 Å². The molecule has 0 fully saturated rings. The molecule has 0 saturated heterocycles. The Kier molecular flexibility index (Phi) is 7.08. The van der Waals surface area contributed by atoms with Crippen LogP contribution in [0.2, 0.25) is 10.0 Å². The summed E-state index contributed by atoms with van der Waals surface area (Å²) in [6.45, 7) is 0. The minimum Gasteiger partial charge on any atom is -0.326 e. The molecule has 0 bridgehead atoms. The standard InChI is InChI=1S/C21H18Cl2N2O3S2/c1-29-16-6-5-14(24-12-16)11-20(26)25-15-9-18(22)21(19(23)10-15)13-3-7-17(8-4-13)30(2,27)28/h3-10,12H,11H2,1-2H3,(H,25,26). The second-order valence-corrected chi connectivity index (χ2v) is 10.2. The molecule has 156 valence electrons. The molecular formula is C21H18Cl2N2O3S2. The van der Waals surface area contributed by atoms with Gasteiger partial charge in [0.15, 0.2) is 9.84 Å². The van der Waals surface area contributed by atoms with Crippen LogP contribution in [0.4, 0.5) is 5.69 Å². The van der Waals surface area contributed by atoms with Crippen LogP contribution in [0.25, 0.3) is 11.1 Å². The van der Waals surface area contributed by atoms with E-state index >= 15 is 0 Å². The minimum atomic E-state index is -3.29. The van der Waals surface area contributed by atoms with E-state index in [0.717, 1.165) is 11.2 Å². The first-order valence-corrected chi connectivity index (χ1v) is 12.6. The number of thioether (sulfide) groups is 1. The monoisotopic (exact) mass is 480 g/mol.